The second-order valence-corrected chi connectivity index (χ2v) is 3.88. The van der Waals surface area contributed by atoms with Crippen LogP contribution < -0.4 is 10.6 Å². The van der Waals surface area contributed by atoms with Crippen LogP contribution >= 0.6 is 25.3 Å². The zero-order valence-corrected chi connectivity index (χ0v) is 9.98. The summed E-state index contributed by atoms with van der Waals surface area (Å²) in [4.78, 5) is 0. The Morgan fingerprint density at radius 2 is 1.21 bits per heavy atom. The second-order valence-electron chi connectivity index (χ2n) is 2.99. The minimum atomic E-state index is -0.734. The SMILES string of the molecule is OC(CNCCS)C(O)CNCCS. The molecular weight excluding hydrogens is 220 g/mol. The van der Waals surface area contributed by atoms with Crippen molar-refractivity contribution in [3.63, 3.8) is 0 Å². The molecule has 0 fully saturated rings. The van der Waals surface area contributed by atoms with Crippen LogP contribution in [0.1, 0.15) is 0 Å². The molecule has 0 aliphatic heterocycles. The first kappa shape index (κ1) is 14.5. The van der Waals surface area contributed by atoms with Gasteiger partial charge in [-0.05, 0) is 0 Å². The molecule has 0 saturated heterocycles. The lowest BCUT2D eigenvalue weighted by Gasteiger charge is -2.18. The van der Waals surface area contributed by atoms with Crippen molar-refractivity contribution in [1.82, 2.24) is 10.6 Å². The molecule has 4 N–H and O–H groups in total. The van der Waals surface area contributed by atoms with Gasteiger partial charge in [-0.15, -0.1) is 0 Å². The minimum Gasteiger partial charge on any atom is -0.389 e. The molecule has 0 aliphatic rings. The van der Waals surface area contributed by atoms with Crippen molar-refractivity contribution >= 4 is 25.3 Å². The highest BCUT2D eigenvalue weighted by atomic mass is 32.1. The van der Waals surface area contributed by atoms with Crippen molar-refractivity contribution in [1.29, 1.82) is 0 Å². The fourth-order valence-electron chi connectivity index (χ4n) is 0.930. The molecule has 0 saturated carbocycles. The van der Waals surface area contributed by atoms with Gasteiger partial charge in [-0.1, -0.05) is 0 Å². The Morgan fingerprint density at radius 3 is 1.50 bits per heavy atom. The van der Waals surface area contributed by atoms with Crippen molar-refractivity contribution < 1.29 is 10.2 Å². The normalized spacial score (nSPS) is 15.4. The van der Waals surface area contributed by atoms with Crippen molar-refractivity contribution in [2.45, 2.75) is 12.2 Å². The molecule has 2 unspecified atom stereocenters. The predicted molar refractivity (Wildman–Crippen MR) is 65.5 cm³/mol. The van der Waals surface area contributed by atoms with E-state index < -0.39 is 12.2 Å². The number of thiol groups is 2. The van der Waals surface area contributed by atoms with Gasteiger partial charge >= 0.3 is 0 Å². The highest BCUT2D eigenvalue weighted by Crippen LogP contribution is 1.90. The van der Waals surface area contributed by atoms with Gasteiger partial charge in [-0.3, -0.25) is 0 Å². The monoisotopic (exact) mass is 240 g/mol. The van der Waals surface area contributed by atoms with E-state index in [1.165, 1.54) is 0 Å². The second kappa shape index (κ2) is 10.1. The van der Waals surface area contributed by atoms with Gasteiger partial charge in [0.15, 0.2) is 0 Å². The van der Waals surface area contributed by atoms with E-state index >= 15 is 0 Å². The number of aliphatic hydroxyl groups is 2. The number of hydrogen-bond donors (Lipinski definition) is 6. The van der Waals surface area contributed by atoms with Gasteiger partial charge in [0.1, 0.15) is 0 Å². The van der Waals surface area contributed by atoms with Gasteiger partial charge in [-0.2, -0.15) is 25.3 Å². The maximum atomic E-state index is 9.45. The van der Waals surface area contributed by atoms with Crippen molar-refractivity contribution in [3.05, 3.63) is 0 Å². The average Bonchev–Trinajstić information content (AvgIpc) is 2.18. The van der Waals surface area contributed by atoms with Crippen LogP contribution in [0.25, 0.3) is 0 Å². The van der Waals surface area contributed by atoms with Gasteiger partial charge in [0.25, 0.3) is 0 Å². The zero-order valence-electron chi connectivity index (χ0n) is 8.19. The molecule has 4 nitrogen and oxygen atoms in total. The van der Waals surface area contributed by atoms with E-state index in [2.05, 4.69) is 35.9 Å². The van der Waals surface area contributed by atoms with E-state index in [1.807, 2.05) is 0 Å². The van der Waals surface area contributed by atoms with Crippen LogP contribution in [0, 0.1) is 0 Å². The predicted octanol–water partition coefficient (Wildman–Crippen LogP) is -1.25. The third-order valence-electron chi connectivity index (χ3n) is 1.73. The number of hydrogen-bond acceptors (Lipinski definition) is 6. The van der Waals surface area contributed by atoms with Gasteiger partial charge < -0.3 is 20.8 Å². The largest absolute Gasteiger partial charge is 0.389 e. The van der Waals surface area contributed by atoms with Gasteiger partial charge in [0.05, 0.1) is 12.2 Å². The standard InChI is InChI=1S/C8H20N2O2S2/c11-7(5-9-1-3-13)8(12)6-10-2-4-14/h7-14H,1-6H2. The third-order valence-corrected chi connectivity index (χ3v) is 2.18. The Kier molecular flexibility index (Phi) is 10.5. The molecule has 0 rings (SSSR count). The van der Waals surface area contributed by atoms with E-state index in [9.17, 15) is 10.2 Å². The lowest BCUT2D eigenvalue weighted by atomic mass is 10.2. The molecule has 6 heteroatoms. The molecule has 0 radical (unpaired) electrons. The zero-order chi connectivity index (χ0) is 10.8. The Balaban J connectivity index is 3.39. The maximum Gasteiger partial charge on any atom is 0.0935 e. The van der Waals surface area contributed by atoms with E-state index in [0.29, 0.717) is 13.1 Å². The Bertz CT molecular complexity index is 116. The summed E-state index contributed by atoms with van der Waals surface area (Å²) in [6.45, 7) is 2.25. The molecule has 0 heterocycles. The van der Waals surface area contributed by atoms with Gasteiger partial charge in [0.2, 0.25) is 0 Å². The van der Waals surface area contributed by atoms with Crippen LogP contribution in [0.5, 0.6) is 0 Å². The van der Waals surface area contributed by atoms with Crippen LogP contribution in [0.3, 0.4) is 0 Å². The van der Waals surface area contributed by atoms with Crippen molar-refractivity contribution in [2.24, 2.45) is 0 Å². The molecule has 86 valence electrons. The van der Waals surface area contributed by atoms with E-state index in [4.69, 9.17) is 0 Å². The molecule has 0 aromatic carbocycles. The number of nitrogens with one attached hydrogen (secondary N) is 2. The first-order chi connectivity index (χ1) is 6.72. The molecule has 0 amide bonds. The lowest BCUT2D eigenvalue weighted by Crippen LogP contribution is -2.42. The topological polar surface area (TPSA) is 64.5 Å². The summed E-state index contributed by atoms with van der Waals surface area (Å²) in [5.74, 6) is 1.45. The summed E-state index contributed by atoms with van der Waals surface area (Å²) in [6.07, 6.45) is -1.47. The van der Waals surface area contributed by atoms with Crippen molar-refractivity contribution in [2.75, 3.05) is 37.7 Å². The summed E-state index contributed by atoms with van der Waals surface area (Å²) in [5.41, 5.74) is 0. The highest BCUT2D eigenvalue weighted by molar-refractivity contribution is 7.80. The summed E-state index contributed by atoms with van der Waals surface area (Å²) in [5, 5.41) is 24.8. The van der Waals surface area contributed by atoms with Crippen molar-refractivity contribution in [3.8, 4) is 0 Å². The fraction of sp³-hybridized carbons (Fsp3) is 1.00. The van der Waals surface area contributed by atoms with Crippen LogP contribution in [0.2, 0.25) is 0 Å². The minimum absolute atomic E-state index is 0.393. The molecule has 0 aromatic heterocycles. The molecule has 0 aromatic rings. The lowest BCUT2D eigenvalue weighted by molar-refractivity contribution is 0.0216. The maximum absolute atomic E-state index is 9.45. The number of rotatable bonds is 9. The number of aliphatic hydroxyl groups excluding tert-OH is 2. The van der Waals surface area contributed by atoms with Gasteiger partial charge in [0, 0.05) is 37.7 Å². The first-order valence-corrected chi connectivity index (χ1v) is 5.98. The van der Waals surface area contributed by atoms with Gasteiger partial charge in [-0.25, -0.2) is 0 Å². The molecular formula is C8H20N2O2S2. The summed E-state index contributed by atoms with van der Waals surface area (Å²) in [7, 11) is 0. The fourth-order valence-corrected chi connectivity index (χ4v) is 1.25. The summed E-state index contributed by atoms with van der Waals surface area (Å²) < 4.78 is 0. The van der Waals surface area contributed by atoms with Crippen LogP contribution in [-0.4, -0.2) is 60.1 Å². The molecule has 0 spiro atoms. The van der Waals surface area contributed by atoms with E-state index in [1.54, 1.807) is 0 Å². The average molecular weight is 240 g/mol. The van der Waals surface area contributed by atoms with E-state index in [0.717, 1.165) is 24.6 Å². The Hall–Kier alpha value is 0.540. The molecule has 2 atom stereocenters. The third kappa shape index (κ3) is 7.90. The highest BCUT2D eigenvalue weighted by Gasteiger charge is 2.14. The summed E-state index contributed by atoms with van der Waals surface area (Å²) >= 11 is 8.03. The molecule has 0 bridgehead atoms. The van der Waals surface area contributed by atoms with E-state index in [-0.39, 0.29) is 0 Å². The molecule has 0 aliphatic carbocycles. The van der Waals surface area contributed by atoms with Crippen LogP contribution in [0.4, 0.5) is 0 Å². The smallest absolute Gasteiger partial charge is 0.0935 e. The Morgan fingerprint density at radius 1 is 0.857 bits per heavy atom. The first-order valence-electron chi connectivity index (χ1n) is 4.71. The van der Waals surface area contributed by atoms with Crippen LogP contribution in [-0.2, 0) is 0 Å². The quantitative estimate of drug-likeness (QED) is 0.225. The Labute approximate surface area is 96.3 Å². The van der Waals surface area contributed by atoms with Crippen LogP contribution in [0.15, 0.2) is 0 Å². The molecule has 14 heavy (non-hydrogen) atoms. The summed E-state index contributed by atoms with van der Waals surface area (Å²) in [6, 6.07) is 0.